The zero-order valence-corrected chi connectivity index (χ0v) is 12.9. The van der Waals surface area contributed by atoms with Gasteiger partial charge in [0.1, 0.15) is 5.01 Å². The van der Waals surface area contributed by atoms with Crippen molar-refractivity contribution >= 4 is 28.5 Å². The number of anilines is 1. The molecule has 6 heteroatoms. The van der Waals surface area contributed by atoms with Crippen molar-refractivity contribution in [2.24, 2.45) is 0 Å². The second kappa shape index (κ2) is 7.66. The number of hydrogen-bond donors (Lipinski definition) is 1. The van der Waals surface area contributed by atoms with E-state index in [-0.39, 0.29) is 5.91 Å². The van der Waals surface area contributed by atoms with Crippen LogP contribution in [0.4, 0.5) is 5.13 Å². The smallest absolute Gasteiger partial charge is 0.250 e. The maximum absolute atomic E-state index is 11.8. The Bertz CT molecular complexity index is 607. The van der Waals surface area contributed by atoms with E-state index in [1.54, 1.807) is 6.08 Å². The first-order chi connectivity index (χ1) is 10.1. The first-order valence-corrected chi connectivity index (χ1v) is 7.46. The SMILES string of the molecule is CN(C)CCc1nnc(NC(=O)/C=C/c2ccccc2)s1. The van der Waals surface area contributed by atoms with E-state index in [0.29, 0.717) is 5.13 Å². The third-order valence-corrected chi connectivity index (χ3v) is 3.60. The Morgan fingerprint density at radius 1 is 1.29 bits per heavy atom. The molecule has 1 aromatic carbocycles. The number of amides is 1. The summed E-state index contributed by atoms with van der Waals surface area (Å²) in [5, 5.41) is 12.2. The summed E-state index contributed by atoms with van der Waals surface area (Å²) in [5.41, 5.74) is 0.983. The van der Waals surface area contributed by atoms with E-state index in [2.05, 4.69) is 20.4 Å². The van der Waals surface area contributed by atoms with Gasteiger partial charge in [-0.1, -0.05) is 41.7 Å². The molecule has 5 nitrogen and oxygen atoms in total. The number of carbonyl (C=O) groups is 1. The lowest BCUT2D eigenvalue weighted by Gasteiger charge is -2.05. The maximum atomic E-state index is 11.8. The summed E-state index contributed by atoms with van der Waals surface area (Å²) in [4.78, 5) is 13.9. The molecule has 0 saturated heterocycles. The fourth-order valence-corrected chi connectivity index (χ4v) is 2.34. The van der Waals surface area contributed by atoms with E-state index in [1.807, 2.05) is 44.4 Å². The van der Waals surface area contributed by atoms with Gasteiger partial charge in [0.2, 0.25) is 11.0 Å². The van der Waals surface area contributed by atoms with E-state index in [1.165, 1.54) is 17.4 Å². The van der Waals surface area contributed by atoms with Crippen molar-refractivity contribution in [2.75, 3.05) is 26.0 Å². The van der Waals surface area contributed by atoms with Crippen LogP contribution in [0.3, 0.4) is 0 Å². The minimum Gasteiger partial charge on any atom is -0.309 e. The van der Waals surface area contributed by atoms with E-state index in [0.717, 1.165) is 23.5 Å². The molecule has 1 N–H and O–H groups in total. The molecule has 0 aliphatic heterocycles. The minimum atomic E-state index is -0.200. The molecule has 1 heterocycles. The van der Waals surface area contributed by atoms with Crippen molar-refractivity contribution in [1.29, 1.82) is 0 Å². The number of benzene rings is 1. The second-order valence-corrected chi connectivity index (χ2v) is 5.85. The van der Waals surface area contributed by atoms with Crippen molar-refractivity contribution in [3.63, 3.8) is 0 Å². The topological polar surface area (TPSA) is 58.1 Å². The lowest BCUT2D eigenvalue weighted by Crippen LogP contribution is -2.14. The van der Waals surface area contributed by atoms with Gasteiger partial charge in [0, 0.05) is 19.0 Å². The van der Waals surface area contributed by atoms with Crippen molar-refractivity contribution in [3.05, 3.63) is 47.0 Å². The highest BCUT2D eigenvalue weighted by Crippen LogP contribution is 2.15. The molecule has 110 valence electrons. The van der Waals surface area contributed by atoms with Gasteiger partial charge in [0.05, 0.1) is 0 Å². The molecule has 1 aromatic heterocycles. The van der Waals surface area contributed by atoms with Crippen molar-refractivity contribution in [2.45, 2.75) is 6.42 Å². The molecule has 1 amide bonds. The van der Waals surface area contributed by atoms with Gasteiger partial charge in [-0.05, 0) is 25.7 Å². The second-order valence-electron chi connectivity index (χ2n) is 4.79. The van der Waals surface area contributed by atoms with Crippen molar-refractivity contribution < 1.29 is 4.79 Å². The Morgan fingerprint density at radius 3 is 2.76 bits per heavy atom. The van der Waals surface area contributed by atoms with Gasteiger partial charge in [-0.2, -0.15) is 0 Å². The van der Waals surface area contributed by atoms with Crippen LogP contribution in [0, 0.1) is 0 Å². The van der Waals surface area contributed by atoms with E-state index < -0.39 is 0 Å². The van der Waals surface area contributed by atoms with Crippen LogP contribution in [0.2, 0.25) is 0 Å². The van der Waals surface area contributed by atoms with Crippen LogP contribution in [-0.2, 0) is 11.2 Å². The van der Waals surface area contributed by atoms with Crippen molar-refractivity contribution in [1.82, 2.24) is 15.1 Å². The van der Waals surface area contributed by atoms with Gasteiger partial charge in [-0.25, -0.2) is 0 Å². The molecular weight excluding hydrogens is 284 g/mol. The zero-order valence-electron chi connectivity index (χ0n) is 12.1. The van der Waals surface area contributed by atoms with Crippen LogP contribution in [-0.4, -0.2) is 41.6 Å². The summed E-state index contributed by atoms with van der Waals surface area (Å²) in [6, 6.07) is 9.68. The normalized spacial score (nSPS) is 11.2. The van der Waals surface area contributed by atoms with Crippen LogP contribution in [0.1, 0.15) is 10.6 Å². The van der Waals surface area contributed by atoms with Crippen LogP contribution in [0.15, 0.2) is 36.4 Å². The molecule has 2 rings (SSSR count). The lowest BCUT2D eigenvalue weighted by molar-refractivity contribution is -0.111. The Balaban J connectivity index is 1.87. The predicted octanol–water partition coefficient (Wildman–Crippen LogP) is 2.29. The van der Waals surface area contributed by atoms with Gasteiger partial charge in [-0.15, -0.1) is 10.2 Å². The fourth-order valence-electron chi connectivity index (χ4n) is 1.61. The van der Waals surface area contributed by atoms with Crippen LogP contribution in [0.25, 0.3) is 6.08 Å². The van der Waals surface area contributed by atoms with Gasteiger partial charge in [0.25, 0.3) is 0 Å². The zero-order chi connectivity index (χ0) is 15.1. The molecule has 0 bridgehead atoms. The Hall–Kier alpha value is -2.05. The predicted molar refractivity (Wildman–Crippen MR) is 86.3 cm³/mol. The summed E-state index contributed by atoms with van der Waals surface area (Å²) in [6.07, 6.45) is 4.10. The maximum Gasteiger partial charge on any atom is 0.250 e. The Morgan fingerprint density at radius 2 is 2.05 bits per heavy atom. The number of carbonyl (C=O) groups excluding carboxylic acids is 1. The summed E-state index contributed by atoms with van der Waals surface area (Å²) in [6.45, 7) is 0.913. The Labute approximate surface area is 128 Å². The standard InChI is InChI=1S/C15H18N4OS/c1-19(2)11-10-14-17-18-15(21-14)16-13(20)9-8-12-6-4-3-5-7-12/h3-9H,10-11H2,1-2H3,(H,16,18,20)/b9-8+. The molecule has 0 spiro atoms. The van der Waals surface area contributed by atoms with Crippen LogP contribution >= 0.6 is 11.3 Å². The molecule has 0 unspecified atom stereocenters. The summed E-state index contributed by atoms with van der Waals surface area (Å²) in [7, 11) is 4.02. The van der Waals surface area contributed by atoms with E-state index in [9.17, 15) is 4.79 Å². The quantitative estimate of drug-likeness (QED) is 0.832. The highest BCUT2D eigenvalue weighted by Gasteiger charge is 2.06. The molecule has 0 atom stereocenters. The molecule has 21 heavy (non-hydrogen) atoms. The fraction of sp³-hybridized carbons (Fsp3) is 0.267. The third kappa shape index (κ3) is 5.45. The first kappa shape index (κ1) is 15.3. The van der Waals surface area contributed by atoms with Crippen molar-refractivity contribution in [3.8, 4) is 0 Å². The number of nitrogens with zero attached hydrogens (tertiary/aromatic N) is 3. The summed E-state index contributed by atoms with van der Waals surface area (Å²) < 4.78 is 0. The Kier molecular flexibility index (Phi) is 5.59. The molecule has 0 fully saturated rings. The minimum absolute atomic E-state index is 0.200. The van der Waals surface area contributed by atoms with Crippen LogP contribution < -0.4 is 5.32 Å². The molecule has 0 aliphatic carbocycles. The number of hydrogen-bond acceptors (Lipinski definition) is 5. The van der Waals surface area contributed by atoms with Gasteiger partial charge < -0.3 is 4.90 Å². The molecule has 2 aromatic rings. The lowest BCUT2D eigenvalue weighted by atomic mass is 10.2. The summed E-state index contributed by atoms with van der Waals surface area (Å²) >= 11 is 1.41. The van der Waals surface area contributed by atoms with Gasteiger partial charge in [0.15, 0.2) is 0 Å². The average Bonchev–Trinajstić information content (AvgIpc) is 2.91. The molecule has 0 saturated carbocycles. The average molecular weight is 302 g/mol. The van der Waals surface area contributed by atoms with Gasteiger partial charge in [-0.3, -0.25) is 10.1 Å². The third-order valence-electron chi connectivity index (χ3n) is 2.70. The number of nitrogens with one attached hydrogen (secondary N) is 1. The number of likely N-dealkylation sites (N-methyl/N-ethyl adjacent to an activating group) is 1. The molecular formula is C15H18N4OS. The highest BCUT2D eigenvalue weighted by atomic mass is 32.1. The largest absolute Gasteiger partial charge is 0.309 e. The number of rotatable bonds is 6. The monoisotopic (exact) mass is 302 g/mol. The molecule has 0 aliphatic rings. The highest BCUT2D eigenvalue weighted by molar-refractivity contribution is 7.15. The van der Waals surface area contributed by atoms with E-state index >= 15 is 0 Å². The molecule has 0 radical (unpaired) electrons. The van der Waals surface area contributed by atoms with Gasteiger partial charge >= 0.3 is 0 Å². The van der Waals surface area contributed by atoms with E-state index in [4.69, 9.17) is 0 Å². The summed E-state index contributed by atoms with van der Waals surface area (Å²) in [5.74, 6) is -0.200. The first-order valence-electron chi connectivity index (χ1n) is 6.65. The van der Waals surface area contributed by atoms with Crippen LogP contribution in [0.5, 0.6) is 0 Å². The number of aromatic nitrogens is 2.